The van der Waals surface area contributed by atoms with Crippen LogP contribution in [0.3, 0.4) is 0 Å². The predicted octanol–water partition coefficient (Wildman–Crippen LogP) is 3.30. The second-order valence-corrected chi connectivity index (χ2v) is 5.24. The summed E-state index contributed by atoms with van der Waals surface area (Å²) in [5, 5.41) is 0. The largest absolute Gasteiger partial charge is 0.464 e. The van der Waals surface area contributed by atoms with E-state index in [1.807, 2.05) is 0 Å². The van der Waals surface area contributed by atoms with E-state index in [1.165, 1.54) is 19.3 Å². The van der Waals surface area contributed by atoms with E-state index in [1.54, 1.807) is 0 Å². The lowest BCUT2D eigenvalue weighted by Gasteiger charge is -2.26. The lowest BCUT2D eigenvalue weighted by atomic mass is 9.84. The van der Waals surface area contributed by atoms with Gasteiger partial charge in [0.05, 0.1) is 6.61 Å². The first kappa shape index (κ1) is 17.7. The van der Waals surface area contributed by atoms with Crippen LogP contribution in [-0.4, -0.2) is 18.6 Å². The van der Waals surface area contributed by atoms with Crippen molar-refractivity contribution in [2.75, 3.05) is 6.61 Å². The molecule has 0 bridgehead atoms. The van der Waals surface area contributed by atoms with Gasteiger partial charge in [-0.3, -0.25) is 4.79 Å². The Bertz CT molecular complexity index is 226. The molecule has 1 fully saturated rings. The smallest absolute Gasteiger partial charge is 0.323 e. The molecule has 0 aromatic rings. The Labute approximate surface area is 117 Å². The molecule has 0 amide bonds. The van der Waals surface area contributed by atoms with E-state index in [4.69, 9.17) is 10.5 Å². The molecule has 0 spiro atoms. The van der Waals surface area contributed by atoms with Crippen molar-refractivity contribution in [1.82, 2.24) is 0 Å². The molecule has 0 saturated heterocycles. The zero-order chi connectivity index (χ0) is 12.7. The summed E-state index contributed by atoms with van der Waals surface area (Å²) in [7, 11) is 0. The molecule has 1 aliphatic rings. The summed E-state index contributed by atoms with van der Waals surface area (Å²) >= 11 is 0. The van der Waals surface area contributed by atoms with Gasteiger partial charge >= 0.3 is 5.97 Å². The quantitative estimate of drug-likeness (QED) is 0.758. The van der Waals surface area contributed by atoms with Crippen molar-refractivity contribution in [1.29, 1.82) is 0 Å². The normalized spacial score (nSPS) is 18.2. The van der Waals surface area contributed by atoms with Gasteiger partial charge in [0.2, 0.25) is 0 Å². The number of hydrogen-bond acceptors (Lipinski definition) is 3. The van der Waals surface area contributed by atoms with Crippen LogP contribution >= 0.6 is 12.4 Å². The van der Waals surface area contributed by atoms with Crippen LogP contribution in [0.1, 0.15) is 58.8 Å². The van der Waals surface area contributed by atoms with Crippen molar-refractivity contribution in [3.05, 3.63) is 0 Å². The van der Waals surface area contributed by atoms with E-state index in [0.717, 1.165) is 25.7 Å². The first-order valence-corrected chi connectivity index (χ1v) is 7.11. The average Bonchev–Trinajstić information content (AvgIpc) is 2.39. The monoisotopic (exact) mass is 277 g/mol. The van der Waals surface area contributed by atoms with Crippen LogP contribution in [0.15, 0.2) is 0 Å². The fourth-order valence-electron chi connectivity index (χ4n) is 2.51. The topological polar surface area (TPSA) is 52.3 Å². The lowest BCUT2D eigenvalue weighted by Crippen LogP contribution is -2.40. The van der Waals surface area contributed by atoms with Crippen molar-refractivity contribution in [2.45, 2.75) is 64.8 Å². The van der Waals surface area contributed by atoms with Gasteiger partial charge in [0, 0.05) is 0 Å². The summed E-state index contributed by atoms with van der Waals surface area (Å²) in [5.74, 6) is 0.638. The number of nitrogens with two attached hydrogens (primary N) is 1. The van der Waals surface area contributed by atoms with Crippen molar-refractivity contribution in [3.8, 4) is 0 Å². The molecule has 4 heteroatoms. The second-order valence-electron chi connectivity index (χ2n) is 5.24. The molecule has 2 N–H and O–H groups in total. The molecule has 0 radical (unpaired) electrons. The third-order valence-corrected chi connectivity index (χ3v) is 4.05. The van der Waals surface area contributed by atoms with Crippen LogP contribution in [0.4, 0.5) is 0 Å². The molecular weight excluding hydrogens is 250 g/mol. The zero-order valence-corrected chi connectivity index (χ0v) is 12.5. The molecule has 0 aliphatic heterocycles. The van der Waals surface area contributed by atoms with E-state index >= 15 is 0 Å². The first-order chi connectivity index (χ1) is 8.19. The number of carbonyl (C=O) groups is 1. The number of halogens is 1. The van der Waals surface area contributed by atoms with Gasteiger partial charge in [0.15, 0.2) is 0 Å². The molecule has 1 aliphatic carbocycles. The molecule has 18 heavy (non-hydrogen) atoms. The highest BCUT2D eigenvalue weighted by atomic mass is 35.5. The van der Waals surface area contributed by atoms with Crippen LogP contribution in [0.25, 0.3) is 0 Å². The fraction of sp³-hybridized carbons (Fsp3) is 0.929. The standard InChI is InChI=1S/C14H27NO2.ClH/c1-3-11(4-2)10-17-14(16)13(15)12-8-6-5-7-9-12;/h11-13H,3-10,15H2,1-2H3;1H. The maximum absolute atomic E-state index is 11.8. The van der Waals surface area contributed by atoms with E-state index in [-0.39, 0.29) is 18.4 Å². The molecule has 0 aromatic heterocycles. The number of esters is 1. The molecule has 1 saturated carbocycles. The maximum Gasteiger partial charge on any atom is 0.323 e. The average molecular weight is 278 g/mol. The Balaban J connectivity index is 0.00000289. The molecule has 1 rings (SSSR count). The van der Waals surface area contributed by atoms with Crippen molar-refractivity contribution < 1.29 is 9.53 Å². The Morgan fingerprint density at radius 1 is 1.22 bits per heavy atom. The van der Waals surface area contributed by atoms with Gasteiger partial charge in [-0.25, -0.2) is 0 Å². The minimum atomic E-state index is -0.398. The molecule has 0 aromatic carbocycles. The zero-order valence-electron chi connectivity index (χ0n) is 11.7. The molecule has 3 nitrogen and oxygen atoms in total. The lowest BCUT2D eigenvalue weighted by molar-refractivity contribution is -0.148. The van der Waals surface area contributed by atoms with Crippen molar-refractivity contribution in [2.24, 2.45) is 17.6 Å². The van der Waals surface area contributed by atoms with Gasteiger partial charge in [0.25, 0.3) is 0 Å². The Morgan fingerprint density at radius 3 is 2.28 bits per heavy atom. The van der Waals surface area contributed by atoms with E-state index < -0.39 is 6.04 Å². The molecule has 0 heterocycles. The highest BCUT2D eigenvalue weighted by molar-refractivity contribution is 5.85. The second kappa shape index (κ2) is 9.62. The molecule has 1 atom stereocenters. The van der Waals surface area contributed by atoms with Crippen LogP contribution in [0, 0.1) is 11.8 Å². The first-order valence-electron chi connectivity index (χ1n) is 7.11. The van der Waals surface area contributed by atoms with Gasteiger partial charge in [0.1, 0.15) is 6.04 Å². The van der Waals surface area contributed by atoms with E-state index in [0.29, 0.717) is 18.4 Å². The van der Waals surface area contributed by atoms with Crippen LogP contribution in [0.2, 0.25) is 0 Å². The van der Waals surface area contributed by atoms with Gasteiger partial charge in [-0.15, -0.1) is 12.4 Å². The number of rotatable bonds is 6. The van der Waals surface area contributed by atoms with E-state index in [2.05, 4.69) is 13.8 Å². The number of hydrogen-bond donors (Lipinski definition) is 1. The summed E-state index contributed by atoms with van der Waals surface area (Å²) in [5.41, 5.74) is 5.99. The fourth-order valence-corrected chi connectivity index (χ4v) is 2.51. The van der Waals surface area contributed by atoms with Gasteiger partial charge in [-0.2, -0.15) is 0 Å². The summed E-state index contributed by atoms with van der Waals surface area (Å²) in [6.45, 7) is 4.79. The summed E-state index contributed by atoms with van der Waals surface area (Å²) in [4.78, 5) is 11.8. The van der Waals surface area contributed by atoms with E-state index in [9.17, 15) is 4.79 Å². The summed E-state index contributed by atoms with van der Waals surface area (Å²) < 4.78 is 5.34. The SMILES string of the molecule is CCC(CC)COC(=O)C(N)C1CCCCC1.Cl. The highest BCUT2D eigenvalue weighted by Gasteiger charge is 2.27. The third-order valence-electron chi connectivity index (χ3n) is 4.05. The molecular formula is C14H28ClNO2. The Morgan fingerprint density at radius 2 is 1.78 bits per heavy atom. The van der Waals surface area contributed by atoms with Crippen molar-refractivity contribution >= 4 is 18.4 Å². The third kappa shape index (κ3) is 5.57. The van der Waals surface area contributed by atoms with Gasteiger partial charge < -0.3 is 10.5 Å². The van der Waals surface area contributed by atoms with Gasteiger partial charge in [-0.05, 0) is 24.7 Å². The maximum atomic E-state index is 11.8. The van der Waals surface area contributed by atoms with Crippen LogP contribution in [0.5, 0.6) is 0 Å². The van der Waals surface area contributed by atoms with Crippen LogP contribution < -0.4 is 5.73 Å². The predicted molar refractivity (Wildman–Crippen MR) is 76.8 cm³/mol. The minimum Gasteiger partial charge on any atom is -0.464 e. The molecule has 1 unspecified atom stereocenters. The summed E-state index contributed by atoms with van der Waals surface area (Å²) in [6.07, 6.45) is 7.98. The number of carbonyl (C=O) groups excluding carboxylic acids is 1. The minimum absolute atomic E-state index is 0. The van der Waals surface area contributed by atoms with Crippen molar-refractivity contribution in [3.63, 3.8) is 0 Å². The number of ether oxygens (including phenoxy) is 1. The van der Waals surface area contributed by atoms with Crippen LogP contribution in [-0.2, 0) is 9.53 Å². The summed E-state index contributed by atoms with van der Waals surface area (Å²) in [6, 6.07) is -0.398. The highest BCUT2D eigenvalue weighted by Crippen LogP contribution is 2.26. The molecule has 108 valence electrons. The Hall–Kier alpha value is -0.280. The van der Waals surface area contributed by atoms with Gasteiger partial charge in [-0.1, -0.05) is 46.0 Å². The Kier molecular flexibility index (Phi) is 9.47.